The summed E-state index contributed by atoms with van der Waals surface area (Å²) in [4.78, 5) is 14.8. The monoisotopic (exact) mass is 443 g/mol. The second-order valence-electron chi connectivity index (χ2n) is 7.61. The van der Waals surface area contributed by atoms with Crippen molar-refractivity contribution < 1.29 is 14.3 Å². The predicted octanol–water partition coefficient (Wildman–Crippen LogP) is 2.95. The van der Waals surface area contributed by atoms with Gasteiger partial charge in [-0.15, -0.1) is 0 Å². The number of aryl methyl sites for hydroxylation is 2. The molecule has 31 heavy (non-hydrogen) atoms. The van der Waals surface area contributed by atoms with Crippen molar-refractivity contribution in [2.45, 2.75) is 19.4 Å². The van der Waals surface area contributed by atoms with Crippen LogP contribution in [0, 0.1) is 6.92 Å². The Balaban J connectivity index is 1.38. The van der Waals surface area contributed by atoms with Crippen LogP contribution in [-0.4, -0.2) is 56.7 Å². The molecule has 1 atom stereocenters. The minimum absolute atomic E-state index is 0.0218. The summed E-state index contributed by atoms with van der Waals surface area (Å²) in [6, 6.07) is 9.34. The summed E-state index contributed by atoms with van der Waals surface area (Å²) in [5.41, 5.74) is 3.35. The number of nitrogens with zero attached hydrogens (tertiary/aromatic N) is 5. The third-order valence-corrected chi connectivity index (χ3v) is 5.84. The smallest absolute Gasteiger partial charge is 0.257 e. The molecule has 1 unspecified atom stereocenters. The van der Waals surface area contributed by atoms with Gasteiger partial charge in [-0.1, -0.05) is 11.6 Å². The van der Waals surface area contributed by atoms with Crippen LogP contribution in [0.15, 0.2) is 36.5 Å². The van der Waals surface area contributed by atoms with Crippen molar-refractivity contribution in [2.24, 2.45) is 14.1 Å². The van der Waals surface area contributed by atoms with Gasteiger partial charge in [-0.25, -0.2) is 0 Å². The molecule has 4 rings (SSSR count). The van der Waals surface area contributed by atoms with Gasteiger partial charge in [0, 0.05) is 43.5 Å². The molecule has 0 radical (unpaired) electrons. The van der Waals surface area contributed by atoms with E-state index in [0.717, 1.165) is 22.8 Å². The Hall–Kier alpha value is -2.84. The van der Waals surface area contributed by atoms with Gasteiger partial charge in [0.15, 0.2) is 0 Å². The number of benzene rings is 1. The first-order valence-corrected chi connectivity index (χ1v) is 10.6. The number of rotatable bonds is 6. The topological polar surface area (TPSA) is 74.4 Å². The van der Waals surface area contributed by atoms with Crippen molar-refractivity contribution in [1.29, 1.82) is 0 Å². The number of halogens is 1. The summed E-state index contributed by atoms with van der Waals surface area (Å²) in [5.74, 6) is 0.758. The van der Waals surface area contributed by atoms with Crippen LogP contribution in [-0.2, 0) is 25.3 Å². The van der Waals surface area contributed by atoms with Gasteiger partial charge < -0.3 is 14.4 Å². The zero-order chi connectivity index (χ0) is 22.0. The predicted molar refractivity (Wildman–Crippen MR) is 116 cm³/mol. The zero-order valence-corrected chi connectivity index (χ0v) is 18.7. The first kappa shape index (κ1) is 21.4. The maximum Gasteiger partial charge on any atom is 0.257 e. The fraction of sp³-hybridized carbons (Fsp3) is 0.409. The van der Waals surface area contributed by atoms with E-state index < -0.39 is 0 Å². The van der Waals surface area contributed by atoms with Crippen molar-refractivity contribution >= 4 is 17.5 Å². The highest BCUT2D eigenvalue weighted by Gasteiger charge is 2.29. The Morgan fingerprint density at radius 3 is 2.74 bits per heavy atom. The molecular weight excluding hydrogens is 418 g/mol. The van der Waals surface area contributed by atoms with Crippen LogP contribution in [0.2, 0.25) is 5.02 Å². The summed E-state index contributed by atoms with van der Waals surface area (Å²) in [6.45, 7) is 3.91. The van der Waals surface area contributed by atoms with E-state index in [1.54, 1.807) is 23.0 Å². The minimum atomic E-state index is -0.258. The normalized spacial score (nSPS) is 16.5. The molecular formula is C22H26ClN5O3. The number of hydrogen-bond donors (Lipinski definition) is 0. The third-order valence-electron chi connectivity index (χ3n) is 5.59. The number of aromatic nitrogens is 4. The molecule has 9 heteroatoms. The standard InChI is InChI=1S/C22H26ClN5O3/c1-15-19(13-24-26(15)2)22(29)28-9-11-31-21(14-28)20-12-17(27(3)25-20)8-10-30-18-6-4-16(23)5-7-18/h4-7,12-13,21H,8-11,14H2,1-3H3. The lowest BCUT2D eigenvalue weighted by Gasteiger charge is -2.32. The molecule has 0 aliphatic carbocycles. The van der Waals surface area contributed by atoms with Gasteiger partial charge in [-0.2, -0.15) is 10.2 Å². The number of morpholine rings is 1. The van der Waals surface area contributed by atoms with E-state index in [2.05, 4.69) is 10.2 Å². The van der Waals surface area contributed by atoms with E-state index in [1.165, 1.54) is 0 Å². The maximum absolute atomic E-state index is 12.9. The summed E-state index contributed by atoms with van der Waals surface area (Å²) in [7, 11) is 3.74. The van der Waals surface area contributed by atoms with Crippen molar-refractivity contribution in [3.63, 3.8) is 0 Å². The van der Waals surface area contributed by atoms with E-state index in [-0.39, 0.29) is 12.0 Å². The van der Waals surface area contributed by atoms with E-state index >= 15 is 0 Å². The molecule has 1 aliphatic rings. The largest absolute Gasteiger partial charge is 0.493 e. The highest BCUT2D eigenvalue weighted by molar-refractivity contribution is 6.30. The van der Waals surface area contributed by atoms with Crippen LogP contribution in [0.5, 0.6) is 5.75 Å². The maximum atomic E-state index is 12.9. The molecule has 0 spiro atoms. The molecule has 0 saturated carbocycles. The van der Waals surface area contributed by atoms with Crippen molar-refractivity contribution in [2.75, 3.05) is 26.3 Å². The number of ether oxygens (including phenoxy) is 2. The lowest BCUT2D eigenvalue weighted by molar-refractivity contribution is -0.0249. The zero-order valence-electron chi connectivity index (χ0n) is 17.9. The van der Waals surface area contributed by atoms with Gasteiger partial charge in [0.25, 0.3) is 5.91 Å². The number of carbonyl (C=O) groups excluding carboxylic acids is 1. The Morgan fingerprint density at radius 1 is 1.26 bits per heavy atom. The minimum Gasteiger partial charge on any atom is -0.493 e. The SMILES string of the molecule is Cc1c(C(=O)N2CCOC(c3cc(CCOc4ccc(Cl)cc4)n(C)n3)C2)cnn1C. The average Bonchev–Trinajstić information content (AvgIpc) is 3.31. The highest BCUT2D eigenvalue weighted by atomic mass is 35.5. The van der Waals surface area contributed by atoms with Gasteiger partial charge in [0.05, 0.1) is 37.2 Å². The molecule has 1 aromatic carbocycles. The van der Waals surface area contributed by atoms with E-state index in [4.69, 9.17) is 21.1 Å². The second-order valence-corrected chi connectivity index (χ2v) is 8.05. The van der Waals surface area contributed by atoms with Crippen molar-refractivity contribution in [1.82, 2.24) is 24.5 Å². The van der Waals surface area contributed by atoms with E-state index in [9.17, 15) is 4.79 Å². The van der Waals surface area contributed by atoms with Gasteiger partial charge in [0.1, 0.15) is 11.9 Å². The van der Waals surface area contributed by atoms with Crippen LogP contribution in [0.1, 0.15) is 33.5 Å². The first-order valence-electron chi connectivity index (χ1n) is 10.2. The van der Waals surface area contributed by atoms with Crippen LogP contribution in [0.4, 0.5) is 0 Å². The molecule has 1 saturated heterocycles. The summed E-state index contributed by atoms with van der Waals surface area (Å²) >= 11 is 5.90. The average molecular weight is 444 g/mol. The molecule has 0 N–H and O–H groups in total. The first-order chi connectivity index (χ1) is 14.9. The summed E-state index contributed by atoms with van der Waals surface area (Å²) in [5, 5.41) is 9.49. The number of amides is 1. The van der Waals surface area contributed by atoms with Crippen LogP contribution >= 0.6 is 11.6 Å². The molecule has 8 nitrogen and oxygen atoms in total. The molecule has 2 aromatic heterocycles. The molecule has 0 bridgehead atoms. The van der Waals surface area contributed by atoms with Crippen LogP contribution in [0.25, 0.3) is 0 Å². The molecule has 164 valence electrons. The van der Waals surface area contributed by atoms with Gasteiger partial charge >= 0.3 is 0 Å². The fourth-order valence-electron chi connectivity index (χ4n) is 3.62. The Bertz CT molecular complexity index is 1060. The van der Waals surface area contributed by atoms with E-state index in [0.29, 0.717) is 43.3 Å². The molecule has 1 aliphatic heterocycles. The van der Waals surface area contributed by atoms with Crippen LogP contribution in [0.3, 0.4) is 0 Å². The van der Waals surface area contributed by atoms with Gasteiger partial charge in [0.2, 0.25) is 0 Å². The number of hydrogen-bond acceptors (Lipinski definition) is 5. The van der Waals surface area contributed by atoms with E-state index in [1.807, 2.05) is 48.8 Å². The van der Waals surface area contributed by atoms with Crippen molar-refractivity contribution in [3.05, 3.63) is 64.2 Å². The van der Waals surface area contributed by atoms with Crippen LogP contribution < -0.4 is 4.74 Å². The Kier molecular flexibility index (Phi) is 6.29. The third kappa shape index (κ3) is 4.75. The Morgan fingerprint density at radius 2 is 2.03 bits per heavy atom. The van der Waals surface area contributed by atoms with Gasteiger partial charge in [-0.05, 0) is 37.3 Å². The molecule has 1 amide bonds. The molecule has 1 fully saturated rings. The highest BCUT2D eigenvalue weighted by Crippen LogP contribution is 2.24. The lowest BCUT2D eigenvalue weighted by atomic mass is 10.1. The second kappa shape index (κ2) is 9.11. The lowest BCUT2D eigenvalue weighted by Crippen LogP contribution is -2.42. The quantitative estimate of drug-likeness (QED) is 0.585. The molecule has 3 aromatic rings. The van der Waals surface area contributed by atoms with Crippen molar-refractivity contribution in [3.8, 4) is 5.75 Å². The Labute approximate surface area is 186 Å². The fourth-order valence-corrected chi connectivity index (χ4v) is 3.74. The molecule has 3 heterocycles. The number of carbonyl (C=O) groups is 1. The van der Waals surface area contributed by atoms with Gasteiger partial charge in [-0.3, -0.25) is 14.2 Å². The summed E-state index contributed by atoms with van der Waals surface area (Å²) < 4.78 is 15.3. The summed E-state index contributed by atoms with van der Waals surface area (Å²) in [6.07, 6.45) is 2.07.